The van der Waals surface area contributed by atoms with Gasteiger partial charge in [0.2, 0.25) is 16.1 Å². The first-order valence-electron chi connectivity index (χ1n) is 8.27. The van der Waals surface area contributed by atoms with Crippen molar-refractivity contribution in [3.05, 3.63) is 24.3 Å². The molecular weight excluding hydrogens is 346 g/mol. The van der Waals surface area contributed by atoms with Gasteiger partial charge in [0.25, 0.3) is 5.91 Å². The summed E-state index contributed by atoms with van der Waals surface area (Å²) in [6.45, 7) is 3.66. The Labute approximate surface area is 147 Å². The van der Waals surface area contributed by atoms with Gasteiger partial charge in [-0.1, -0.05) is 12.1 Å². The highest BCUT2D eigenvalue weighted by Gasteiger charge is 2.27. The third-order valence-corrected chi connectivity index (χ3v) is 5.63. The van der Waals surface area contributed by atoms with Gasteiger partial charge in [0.15, 0.2) is 11.5 Å². The smallest absolute Gasteiger partial charge is 0.264 e. The van der Waals surface area contributed by atoms with Crippen LogP contribution in [0.5, 0.6) is 11.5 Å². The number of nitrogens with zero attached hydrogens (tertiary/aromatic N) is 2. The molecule has 1 saturated heterocycles. The molecule has 0 bridgehead atoms. The highest BCUT2D eigenvalue weighted by Crippen LogP contribution is 2.30. The largest absolute Gasteiger partial charge is 0.485 e. The minimum atomic E-state index is -3.12. The molecular formula is C16H23N3O5S. The molecule has 1 amide bonds. The standard InChI is InChI=1S/C16H23N3O5S/c1-25(21,22)19-10-8-18(9-11-19)7-6-17-16(20)15-12-23-13-4-2-3-5-14(13)24-15/h2-5,15H,6-12H2,1H3,(H,17,20). The summed E-state index contributed by atoms with van der Waals surface area (Å²) in [6, 6.07) is 7.26. The Hall–Kier alpha value is -1.84. The summed E-state index contributed by atoms with van der Waals surface area (Å²) in [7, 11) is -3.12. The van der Waals surface area contributed by atoms with Gasteiger partial charge in [-0.3, -0.25) is 9.69 Å². The molecule has 3 rings (SSSR count). The number of hydrogen-bond donors (Lipinski definition) is 1. The first-order chi connectivity index (χ1) is 11.9. The molecule has 2 aliphatic heterocycles. The van der Waals surface area contributed by atoms with Crippen LogP contribution in [0.1, 0.15) is 0 Å². The maximum atomic E-state index is 12.2. The Morgan fingerprint density at radius 3 is 2.56 bits per heavy atom. The lowest BCUT2D eigenvalue weighted by Crippen LogP contribution is -2.51. The quantitative estimate of drug-likeness (QED) is 0.754. The molecule has 2 heterocycles. The maximum absolute atomic E-state index is 12.2. The maximum Gasteiger partial charge on any atom is 0.264 e. The second-order valence-corrected chi connectivity index (χ2v) is 8.14. The zero-order valence-electron chi connectivity index (χ0n) is 14.2. The third kappa shape index (κ3) is 4.62. The number of hydrogen-bond acceptors (Lipinski definition) is 6. The minimum Gasteiger partial charge on any atom is -0.485 e. The summed E-state index contributed by atoms with van der Waals surface area (Å²) in [5, 5.41) is 2.85. The number of rotatable bonds is 5. The van der Waals surface area contributed by atoms with Gasteiger partial charge in [0.1, 0.15) is 6.61 Å². The number of ether oxygens (including phenoxy) is 2. The molecule has 1 N–H and O–H groups in total. The normalized spacial score (nSPS) is 21.7. The lowest BCUT2D eigenvalue weighted by Gasteiger charge is -2.33. The van der Waals surface area contributed by atoms with E-state index in [1.54, 1.807) is 12.1 Å². The molecule has 0 radical (unpaired) electrons. The molecule has 9 heteroatoms. The fourth-order valence-electron chi connectivity index (χ4n) is 2.88. The molecule has 0 aromatic heterocycles. The monoisotopic (exact) mass is 369 g/mol. The molecule has 1 fully saturated rings. The highest BCUT2D eigenvalue weighted by molar-refractivity contribution is 7.88. The van der Waals surface area contributed by atoms with Crippen molar-refractivity contribution >= 4 is 15.9 Å². The average molecular weight is 369 g/mol. The van der Waals surface area contributed by atoms with Crippen LogP contribution in [0, 0.1) is 0 Å². The molecule has 1 atom stereocenters. The van der Waals surface area contributed by atoms with Crippen molar-refractivity contribution in [3.63, 3.8) is 0 Å². The summed E-state index contributed by atoms with van der Waals surface area (Å²) in [6.07, 6.45) is 0.574. The Kier molecular flexibility index (Phi) is 5.45. The molecule has 1 unspecified atom stereocenters. The van der Waals surface area contributed by atoms with Crippen molar-refractivity contribution in [1.29, 1.82) is 0 Å². The molecule has 1 aromatic carbocycles. The Bertz CT molecular complexity index is 716. The van der Waals surface area contributed by atoms with Gasteiger partial charge >= 0.3 is 0 Å². The van der Waals surface area contributed by atoms with Crippen LogP contribution in [0.3, 0.4) is 0 Å². The van der Waals surface area contributed by atoms with Crippen molar-refractivity contribution in [2.75, 3.05) is 52.1 Å². The van der Waals surface area contributed by atoms with E-state index in [4.69, 9.17) is 9.47 Å². The first kappa shape index (κ1) is 18.0. The molecule has 0 spiro atoms. The van der Waals surface area contributed by atoms with Gasteiger partial charge < -0.3 is 14.8 Å². The molecule has 25 heavy (non-hydrogen) atoms. The molecule has 0 saturated carbocycles. The highest BCUT2D eigenvalue weighted by atomic mass is 32.2. The van der Waals surface area contributed by atoms with E-state index < -0.39 is 16.1 Å². The summed E-state index contributed by atoms with van der Waals surface area (Å²) in [5.41, 5.74) is 0. The van der Waals surface area contributed by atoms with Crippen LogP contribution in [0.15, 0.2) is 24.3 Å². The number of benzene rings is 1. The zero-order chi connectivity index (χ0) is 17.9. The summed E-state index contributed by atoms with van der Waals surface area (Å²) >= 11 is 0. The van der Waals surface area contributed by atoms with E-state index in [1.807, 2.05) is 12.1 Å². The number of piperazine rings is 1. The lowest BCUT2D eigenvalue weighted by atomic mass is 10.2. The predicted molar refractivity (Wildman–Crippen MR) is 92.2 cm³/mol. The Balaban J connectivity index is 1.39. The van der Waals surface area contributed by atoms with Gasteiger partial charge in [-0.2, -0.15) is 4.31 Å². The predicted octanol–water partition coefficient (Wildman–Crippen LogP) is -0.480. The molecule has 0 aliphatic carbocycles. The fraction of sp³-hybridized carbons (Fsp3) is 0.562. The average Bonchev–Trinajstić information content (AvgIpc) is 2.61. The van der Waals surface area contributed by atoms with Crippen LogP contribution in [-0.2, 0) is 14.8 Å². The first-order valence-corrected chi connectivity index (χ1v) is 10.1. The van der Waals surface area contributed by atoms with E-state index in [9.17, 15) is 13.2 Å². The van der Waals surface area contributed by atoms with Crippen molar-refractivity contribution in [2.24, 2.45) is 0 Å². The lowest BCUT2D eigenvalue weighted by molar-refractivity contribution is -0.130. The summed E-state index contributed by atoms with van der Waals surface area (Å²) in [4.78, 5) is 14.3. The zero-order valence-corrected chi connectivity index (χ0v) is 15.0. The summed E-state index contributed by atoms with van der Waals surface area (Å²) in [5.74, 6) is 1.02. The van der Waals surface area contributed by atoms with E-state index in [-0.39, 0.29) is 12.5 Å². The second-order valence-electron chi connectivity index (χ2n) is 6.16. The number of para-hydroxylation sites is 2. The Morgan fingerprint density at radius 1 is 1.20 bits per heavy atom. The van der Waals surface area contributed by atoms with Crippen LogP contribution in [0.4, 0.5) is 0 Å². The molecule has 1 aromatic rings. The number of amides is 1. The van der Waals surface area contributed by atoms with Crippen LogP contribution in [0.2, 0.25) is 0 Å². The van der Waals surface area contributed by atoms with E-state index in [0.717, 1.165) is 0 Å². The minimum absolute atomic E-state index is 0.190. The fourth-order valence-corrected chi connectivity index (χ4v) is 3.71. The number of fused-ring (bicyclic) bond motifs is 1. The second kappa shape index (κ2) is 7.59. The number of carbonyl (C=O) groups is 1. The van der Waals surface area contributed by atoms with Gasteiger partial charge in [-0.15, -0.1) is 0 Å². The van der Waals surface area contributed by atoms with Gasteiger partial charge in [-0.25, -0.2) is 8.42 Å². The van der Waals surface area contributed by atoms with Gasteiger partial charge in [0.05, 0.1) is 6.26 Å². The van der Waals surface area contributed by atoms with Crippen molar-refractivity contribution < 1.29 is 22.7 Å². The van der Waals surface area contributed by atoms with Crippen LogP contribution >= 0.6 is 0 Å². The number of carbonyl (C=O) groups excluding carboxylic acids is 1. The Morgan fingerprint density at radius 2 is 1.88 bits per heavy atom. The van der Waals surface area contributed by atoms with Crippen LogP contribution in [0.25, 0.3) is 0 Å². The summed E-state index contributed by atoms with van der Waals surface area (Å²) < 4.78 is 35.6. The van der Waals surface area contributed by atoms with E-state index in [0.29, 0.717) is 50.8 Å². The third-order valence-electron chi connectivity index (χ3n) is 4.33. The van der Waals surface area contributed by atoms with Crippen molar-refractivity contribution in [2.45, 2.75) is 6.10 Å². The SMILES string of the molecule is CS(=O)(=O)N1CCN(CCNC(=O)C2COc3ccccc3O2)CC1. The number of sulfonamides is 1. The van der Waals surface area contributed by atoms with Crippen molar-refractivity contribution in [3.8, 4) is 11.5 Å². The van der Waals surface area contributed by atoms with Crippen molar-refractivity contribution in [1.82, 2.24) is 14.5 Å². The molecule has 2 aliphatic rings. The molecule has 138 valence electrons. The van der Waals surface area contributed by atoms with Gasteiger partial charge in [-0.05, 0) is 12.1 Å². The van der Waals surface area contributed by atoms with E-state index in [1.165, 1.54) is 10.6 Å². The van der Waals surface area contributed by atoms with Crippen LogP contribution < -0.4 is 14.8 Å². The molecule has 8 nitrogen and oxygen atoms in total. The van der Waals surface area contributed by atoms with Gasteiger partial charge in [0, 0.05) is 39.3 Å². The van der Waals surface area contributed by atoms with E-state index >= 15 is 0 Å². The topological polar surface area (TPSA) is 88.2 Å². The van der Waals surface area contributed by atoms with Crippen LogP contribution in [-0.4, -0.2) is 81.8 Å². The van der Waals surface area contributed by atoms with E-state index in [2.05, 4.69) is 10.2 Å². The number of nitrogens with one attached hydrogen (secondary N) is 1.